The third-order valence-electron chi connectivity index (χ3n) is 3.19. The van der Waals surface area contributed by atoms with E-state index in [2.05, 4.69) is 10.1 Å². The number of alkyl carbamates (subject to hydrolysis) is 1. The molecule has 6 nitrogen and oxygen atoms in total. The summed E-state index contributed by atoms with van der Waals surface area (Å²) >= 11 is 0. The van der Waals surface area contributed by atoms with Crippen LogP contribution in [-0.4, -0.2) is 29.1 Å². The molecule has 2 N–H and O–H groups in total. The molecule has 0 bridgehead atoms. The van der Waals surface area contributed by atoms with Gasteiger partial charge in [0.1, 0.15) is 11.4 Å². The maximum Gasteiger partial charge on any atom is 0.573 e. The van der Waals surface area contributed by atoms with Crippen molar-refractivity contribution in [3.63, 3.8) is 0 Å². The van der Waals surface area contributed by atoms with Crippen molar-refractivity contribution in [3.8, 4) is 5.75 Å². The van der Waals surface area contributed by atoms with Crippen LogP contribution < -0.4 is 10.1 Å². The zero-order valence-corrected chi connectivity index (χ0v) is 14.2. The Morgan fingerprint density at radius 3 is 2.00 bits per heavy atom. The summed E-state index contributed by atoms with van der Waals surface area (Å²) in [5.41, 5.74) is -2.60. The molecule has 1 atom stereocenters. The molecule has 0 aromatic heterocycles. The normalized spacial score (nSPS) is 14.4. The van der Waals surface area contributed by atoms with Gasteiger partial charge in [0.25, 0.3) is 0 Å². The van der Waals surface area contributed by atoms with Gasteiger partial charge in [0.15, 0.2) is 5.54 Å². The van der Waals surface area contributed by atoms with E-state index >= 15 is 0 Å². The molecule has 0 aliphatic rings. The van der Waals surface area contributed by atoms with Crippen LogP contribution in [0, 0.1) is 0 Å². The van der Waals surface area contributed by atoms with E-state index in [1.165, 1.54) is 6.92 Å². The molecule has 0 heterocycles. The molecular weight excluding hydrogens is 343 g/mol. The van der Waals surface area contributed by atoms with Gasteiger partial charge < -0.3 is 19.9 Å². The van der Waals surface area contributed by atoms with Crippen molar-refractivity contribution in [2.45, 2.75) is 51.6 Å². The lowest BCUT2D eigenvalue weighted by molar-refractivity contribution is -0.274. The second-order valence-electron chi connectivity index (χ2n) is 6.26. The minimum absolute atomic E-state index is 0.0545. The Morgan fingerprint density at radius 2 is 1.64 bits per heavy atom. The standard InChI is InChI=1S/C16H20F3NO5/c1-5-15(12(21)22,20-13(23)25-14(2,3)4)10-6-8-11(9-7-10)24-16(17,18)19/h6-9H,5H2,1-4H3,(H,20,23)(H,21,22). The number of amides is 1. The molecule has 140 valence electrons. The summed E-state index contributed by atoms with van der Waals surface area (Å²) in [4.78, 5) is 23.8. The lowest BCUT2D eigenvalue weighted by Crippen LogP contribution is -2.52. The highest BCUT2D eigenvalue weighted by molar-refractivity contribution is 5.86. The van der Waals surface area contributed by atoms with Crippen LogP contribution in [0.1, 0.15) is 39.7 Å². The fraction of sp³-hybridized carbons (Fsp3) is 0.500. The second kappa shape index (κ2) is 7.20. The van der Waals surface area contributed by atoms with Crippen molar-refractivity contribution in [1.82, 2.24) is 5.32 Å². The summed E-state index contributed by atoms with van der Waals surface area (Å²) in [7, 11) is 0. The Morgan fingerprint density at radius 1 is 1.12 bits per heavy atom. The SMILES string of the molecule is CCC(NC(=O)OC(C)(C)C)(C(=O)O)c1ccc(OC(F)(F)F)cc1. The van der Waals surface area contributed by atoms with Gasteiger partial charge in [-0.3, -0.25) is 0 Å². The van der Waals surface area contributed by atoms with E-state index in [9.17, 15) is 27.9 Å². The minimum atomic E-state index is -4.86. The molecule has 1 aromatic rings. The average Bonchev–Trinajstić information content (AvgIpc) is 2.41. The molecule has 0 aliphatic carbocycles. The molecule has 25 heavy (non-hydrogen) atoms. The van der Waals surface area contributed by atoms with Crippen molar-refractivity contribution in [2.75, 3.05) is 0 Å². The second-order valence-corrected chi connectivity index (χ2v) is 6.26. The van der Waals surface area contributed by atoms with Gasteiger partial charge >= 0.3 is 18.4 Å². The van der Waals surface area contributed by atoms with Crippen LogP contribution in [0.15, 0.2) is 24.3 Å². The Balaban J connectivity index is 3.14. The Bertz CT molecular complexity index is 622. The number of carbonyl (C=O) groups excluding carboxylic acids is 1. The zero-order chi connectivity index (χ0) is 19.5. The van der Waals surface area contributed by atoms with Crippen LogP contribution in [0.25, 0.3) is 0 Å². The molecule has 0 radical (unpaired) electrons. The van der Waals surface area contributed by atoms with E-state index in [0.717, 1.165) is 24.3 Å². The van der Waals surface area contributed by atoms with Gasteiger partial charge in [-0.05, 0) is 44.9 Å². The smallest absolute Gasteiger partial charge is 0.479 e. The predicted molar refractivity (Wildman–Crippen MR) is 82.1 cm³/mol. The first kappa shape index (κ1) is 20.6. The number of carboxylic acid groups (broad SMARTS) is 1. The fourth-order valence-electron chi connectivity index (χ4n) is 2.11. The zero-order valence-electron chi connectivity index (χ0n) is 14.2. The van der Waals surface area contributed by atoms with Gasteiger partial charge in [0, 0.05) is 0 Å². The monoisotopic (exact) mass is 363 g/mol. The maximum atomic E-state index is 12.2. The minimum Gasteiger partial charge on any atom is -0.479 e. The number of alkyl halides is 3. The number of carboxylic acids is 1. The van der Waals surface area contributed by atoms with Crippen LogP contribution in [0.2, 0.25) is 0 Å². The van der Waals surface area contributed by atoms with Crippen molar-refractivity contribution >= 4 is 12.1 Å². The molecule has 1 unspecified atom stereocenters. The number of hydrogen-bond donors (Lipinski definition) is 2. The summed E-state index contributed by atoms with van der Waals surface area (Å²) in [6.45, 7) is 6.37. The molecule has 0 saturated heterocycles. The number of rotatable bonds is 5. The largest absolute Gasteiger partial charge is 0.573 e. The van der Waals surface area contributed by atoms with E-state index in [0.29, 0.717) is 0 Å². The fourth-order valence-corrected chi connectivity index (χ4v) is 2.11. The van der Waals surface area contributed by atoms with Crippen molar-refractivity contribution in [1.29, 1.82) is 0 Å². The first-order valence-electron chi connectivity index (χ1n) is 7.40. The molecule has 1 amide bonds. The van der Waals surface area contributed by atoms with E-state index in [1.807, 2.05) is 0 Å². The first-order chi connectivity index (χ1) is 11.3. The van der Waals surface area contributed by atoms with Gasteiger partial charge in [-0.1, -0.05) is 19.1 Å². The van der Waals surface area contributed by atoms with Gasteiger partial charge in [0.2, 0.25) is 0 Å². The number of ether oxygens (including phenoxy) is 2. The Labute approximate surface area is 142 Å². The molecule has 0 aliphatic heterocycles. The Kier molecular flexibility index (Phi) is 5.93. The number of nitrogens with one attached hydrogen (secondary N) is 1. The molecule has 0 spiro atoms. The van der Waals surface area contributed by atoms with E-state index in [1.54, 1.807) is 20.8 Å². The number of halogens is 3. The molecule has 9 heteroatoms. The van der Waals surface area contributed by atoms with Crippen molar-refractivity contribution < 1.29 is 37.3 Å². The van der Waals surface area contributed by atoms with E-state index in [-0.39, 0.29) is 12.0 Å². The topological polar surface area (TPSA) is 84.9 Å². The van der Waals surface area contributed by atoms with Crippen LogP contribution in [0.3, 0.4) is 0 Å². The number of aliphatic carboxylic acids is 1. The van der Waals surface area contributed by atoms with Gasteiger partial charge in [-0.2, -0.15) is 0 Å². The first-order valence-corrected chi connectivity index (χ1v) is 7.40. The summed E-state index contributed by atoms with van der Waals surface area (Å²) in [6.07, 6.45) is -5.86. The quantitative estimate of drug-likeness (QED) is 0.831. The van der Waals surface area contributed by atoms with E-state index in [4.69, 9.17) is 4.74 Å². The van der Waals surface area contributed by atoms with Crippen LogP contribution >= 0.6 is 0 Å². The van der Waals surface area contributed by atoms with Gasteiger partial charge in [0.05, 0.1) is 0 Å². The molecule has 1 rings (SSSR count). The van der Waals surface area contributed by atoms with Crippen molar-refractivity contribution in [2.24, 2.45) is 0 Å². The summed E-state index contributed by atoms with van der Waals surface area (Å²) < 4.78 is 45.5. The van der Waals surface area contributed by atoms with Crippen molar-refractivity contribution in [3.05, 3.63) is 29.8 Å². The Hall–Kier alpha value is -2.45. The summed E-state index contributed by atoms with van der Waals surface area (Å²) in [5.74, 6) is -1.87. The highest BCUT2D eigenvalue weighted by atomic mass is 19.4. The maximum absolute atomic E-state index is 12.2. The van der Waals surface area contributed by atoms with Gasteiger partial charge in [-0.25, -0.2) is 9.59 Å². The third-order valence-corrected chi connectivity index (χ3v) is 3.19. The van der Waals surface area contributed by atoms with Crippen LogP contribution in [0.4, 0.5) is 18.0 Å². The average molecular weight is 363 g/mol. The van der Waals surface area contributed by atoms with Gasteiger partial charge in [-0.15, -0.1) is 13.2 Å². The summed E-state index contributed by atoms with van der Waals surface area (Å²) in [6, 6.07) is 4.26. The number of hydrogen-bond acceptors (Lipinski definition) is 4. The number of benzene rings is 1. The van der Waals surface area contributed by atoms with E-state index < -0.39 is 35.3 Å². The third kappa shape index (κ3) is 5.84. The predicted octanol–water partition coefficient (Wildman–Crippen LogP) is 3.80. The molecule has 0 saturated carbocycles. The van der Waals surface area contributed by atoms with Crippen LogP contribution in [0.5, 0.6) is 5.75 Å². The molecular formula is C16H20F3NO5. The highest BCUT2D eigenvalue weighted by Gasteiger charge is 2.41. The summed E-state index contributed by atoms with van der Waals surface area (Å²) in [5, 5.41) is 11.9. The number of carbonyl (C=O) groups is 2. The highest BCUT2D eigenvalue weighted by Crippen LogP contribution is 2.30. The lowest BCUT2D eigenvalue weighted by atomic mass is 9.87. The van der Waals surface area contributed by atoms with Crippen LogP contribution in [-0.2, 0) is 15.1 Å². The molecule has 1 aromatic carbocycles. The lowest BCUT2D eigenvalue weighted by Gasteiger charge is -2.31. The molecule has 0 fully saturated rings.